The number of hydrogen-bond donors (Lipinski definition) is 1. The lowest BCUT2D eigenvalue weighted by Crippen LogP contribution is -2.29. The molecule has 4 rings (SSSR count). The summed E-state index contributed by atoms with van der Waals surface area (Å²) in [7, 11) is 0.579. The molecular formula is C28H59B2NP2. The van der Waals surface area contributed by atoms with Gasteiger partial charge in [-0.1, -0.05) is 92.9 Å². The van der Waals surface area contributed by atoms with Crippen LogP contribution in [0.5, 0.6) is 0 Å². The second-order valence-electron chi connectivity index (χ2n) is 11.4. The van der Waals surface area contributed by atoms with Gasteiger partial charge in [0.05, 0.1) is 16.8 Å². The molecule has 192 valence electrons. The van der Waals surface area contributed by atoms with Crippen LogP contribution in [-0.2, 0) is 0 Å². The van der Waals surface area contributed by atoms with E-state index < -0.39 is 0 Å². The van der Waals surface area contributed by atoms with Gasteiger partial charge in [0.1, 0.15) is 0 Å². The van der Waals surface area contributed by atoms with E-state index in [0.29, 0.717) is 0 Å². The van der Waals surface area contributed by atoms with E-state index in [1.165, 1.54) is 90.1 Å². The first-order chi connectivity index (χ1) is 15.4. The maximum absolute atomic E-state index is 4.04. The summed E-state index contributed by atoms with van der Waals surface area (Å²) in [6.07, 6.45) is 34.1. The van der Waals surface area contributed by atoms with Crippen molar-refractivity contribution in [3.8, 4) is 0 Å². The molecule has 0 heterocycles. The Morgan fingerprint density at radius 2 is 0.636 bits per heavy atom. The highest BCUT2D eigenvalue weighted by molar-refractivity contribution is 7.59. The van der Waals surface area contributed by atoms with Crippen molar-refractivity contribution in [2.45, 2.75) is 151 Å². The quantitative estimate of drug-likeness (QED) is 0.208. The fraction of sp³-hybridized carbons (Fsp3) is 1.00. The zero-order valence-corrected chi connectivity index (χ0v) is 22.5. The van der Waals surface area contributed by atoms with Gasteiger partial charge in [0, 0.05) is 0 Å². The molecule has 4 saturated carbocycles. The van der Waals surface area contributed by atoms with Crippen molar-refractivity contribution in [1.29, 1.82) is 0 Å². The van der Waals surface area contributed by atoms with Crippen LogP contribution in [0.25, 0.3) is 0 Å². The Morgan fingerprint density at radius 3 is 0.879 bits per heavy atom. The molecule has 4 aliphatic carbocycles. The van der Waals surface area contributed by atoms with Gasteiger partial charge in [-0.25, -0.2) is 0 Å². The average molecular weight is 493 g/mol. The van der Waals surface area contributed by atoms with E-state index in [4.69, 9.17) is 0 Å². The third kappa shape index (κ3) is 9.73. The minimum Gasteiger partial charge on any atom is -0.316 e. The Kier molecular flexibility index (Phi) is 15.9. The molecule has 0 amide bonds. The summed E-state index contributed by atoms with van der Waals surface area (Å²) >= 11 is 0. The first-order valence-corrected chi connectivity index (χ1v) is 18.0. The van der Waals surface area contributed by atoms with Crippen LogP contribution in [0.3, 0.4) is 0 Å². The zero-order chi connectivity index (χ0) is 21.1. The summed E-state index contributed by atoms with van der Waals surface area (Å²) in [5.41, 5.74) is 4.54. The number of rotatable bonds is 10. The second kappa shape index (κ2) is 17.4. The molecule has 0 bridgehead atoms. The van der Waals surface area contributed by atoms with Gasteiger partial charge < -0.3 is 5.32 Å². The molecule has 0 saturated heterocycles. The van der Waals surface area contributed by atoms with Crippen LogP contribution in [-0.4, -0.2) is 64.9 Å². The monoisotopic (exact) mass is 493 g/mol. The molecule has 5 heteroatoms. The minimum absolute atomic E-state index is 0. The van der Waals surface area contributed by atoms with Crippen molar-refractivity contribution < 1.29 is 0 Å². The largest absolute Gasteiger partial charge is 0.316 e. The van der Waals surface area contributed by atoms with Gasteiger partial charge >= 0.3 is 0 Å². The van der Waals surface area contributed by atoms with E-state index in [1.54, 1.807) is 63.7 Å². The number of hydrogen-bond acceptors (Lipinski definition) is 1. The van der Waals surface area contributed by atoms with Gasteiger partial charge in [-0.05, 0) is 99.4 Å². The predicted octanol–water partition coefficient (Wildman–Crippen LogP) is 6.50. The SMILES string of the molecule is B.B.C1CCC(P(CCNCCP(C2CCCCC2)C2CCCCC2)C2CCCCC2)CC1. The average Bonchev–Trinajstić information content (AvgIpc) is 2.86. The van der Waals surface area contributed by atoms with Gasteiger partial charge in [-0.2, -0.15) is 0 Å². The minimum atomic E-state index is 0. The van der Waals surface area contributed by atoms with E-state index in [9.17, 15) is 0 Å². The molecule has 1 N–H and O–H groups in total. The third-order valence-corrected chi connectivity index (χ3v) is 16.6. The molecule has 0 aliphatic heterocycles. The van der Waals surface area contributed by atoms with E-state index >= 15 is 0 Å². The topological polar surface area (TPSA) is 12.0 Å². The molecule has 0 radical (unpaired) electrons. The van der Waals surface area contributed by atoms with Crippen molar-refractivity contribution in [1.82, 2.24) is 5.32 Å². The fourth-order valence-corrected chi connectivity index (χ4v) is 15.1. The maximum atomic E-state index is 4.04. The smallest absolute Gasteiger partial charge is 0.0814 e. The summed E-state index contributed by atoms with van der Waals surface area (Å²) in [5.74, 6) is 0. The summed E-state index contributed by atoms with van der Waals surface area (Å²) in [6.45, 7) is 2.69. The Labute approximate surface area is 214 Å². The molecule has 4 aliphatic rings. The van der Waals surface area contributed by atoms with E-state index in [2.05, 4.69) is 5.32 Å². The van der Waals surface area contributed by atoms with Crippen LogP contribution in [0.2, 0.25) is 0 Å². The van der Waals surface area contributed by atoms with Crippen molar-refractivity contribution in [2.24, 2.45) is 0 Å². The van der Waals surface area contributed by atoms with Crippen molar-refractivity contribution in [3.05, 3.63) is 0 Å². The predicted molar refractivity (Wildman–Crippen MR) is 164 cm³/mol. The summed E-state index contributed by atoms with van der Waals surface area (Å²) in [4.78, 5) is 0. The molecular weight excluding hydrogens is 434 g/mol. The van der Waals surface area contributed by atoms with E-state index in [0.717, 1.165) is 22.6 Å². The molecule has 0 spiro atoms. The van der Waals surface area contributed by atoms with Crippen LogP contribution in [0.15, 0.2) is 0 Å². The van der Waals surface area contributed by atoms with Crippen LogP contribution in [0.1, 0.15) is 128 Å². The van der Waals surface area contributed by atoms with Crippen LogP contribution >= 0.6 is 15.8 Å². The Hall–Kier alpha value is 0.950. The maximum Gasteiger partial charge on any atom is 0.0814 e. The van der Waals surface area contributed by atoms with Gasteiger partial charge in [-0.15, -0.1) is 0 Å². The molecule has 0 aromatic carbocycles. The Morgan fingerprint density at radius 1 is 0.394 bits per heavy atom. The highest BCUT2D eigenvalue weighted by Gasteiger charge is 2.32. The molecule has 1 nitrogen and oxygen atoms in total. The van der Waals surface area contributed by atoms with Crippen molar-refractivity contribution in [3.63, 3.8) is 0 Å². The lowest BCUT2D eigenvalue weighted by Gasteiger charge is -2.39. The molecule has 0 aromatic heterocycles. The van der Waals surface area contributed by atoms with Crippen molar-refractivity contribution >= 4 is 32.7 Å². The lowest BCUT2D eigenvalue weighted by atomic mass is 9.99. The van der Waals surface area contributed by atoms with Gasteiger partial charge in [0.15, 0.2) is 0 Å². The first kappa shape index (κ1) is 30.2. The van der Waals surface area contributed by atoms with Gasteiger partial charge in [0.2, 0.25) is 0 Å². The summed E-state index contributed by atoms with van der Waals surface area (Å²) in [6, 6.07) is 0. The molecule has 0 unspecified atom stereocenters. The lowest BCUT2D eigenvalue weighted by molar-refractivity contribution is 0.482. The Balaban J connectivity index is 0.00000193. The van der Waals surface area contributed by atoms with Crippen molar-refractivity contribution in [2.75, 3.05) is 25.4 Å². The molecule has 0 atom stereocenters. The summed E-state index contributed by atoms with van der Waals surface area (Å²) < 4.78 is 0. The third-order valence-electron chi connectivity index (χ3n) is 9.27. The fourth-order valence-electron chi connectivity index (χ4n) is 7.52. The molecule has 0 aromatic rings. The second-order valence-corrected chi connectivity index (χ2v) is 17.3. The van der Waals surface area contributed by atoms with Crippen LogP contribution in [0, 0.1) is 0 Å². The molecule has 33 heavy (non-hydrogen) atoms. The van der Waals surface area contributed by atoms with Gasteiger partial charge in [-0.3, -0.25) is 0 Å². The number of nitrogens with one attached hydrogen (secondary N) is 1. The molecule has 4 fully saturated rings. The van der Waals surface area contributed by atoms with Gasteiger partial charge in [0.25, 0.3) is 0 Å². The zero-order valence-electron chi connectivity index (χ0n) is 20.7. The van der Waals surface area contributed by atoms with E-state index in [1.807, 2.05) is 0 Å². The van der Waals surface area contributed by atoms with E-state index in [-0.39, 0.29) is 32.7 Å². The normalized spacial score (nSPS) is 24.5. The standard InChI is InChI=1S/C28H53NP2.2BH3/c1-5-13-25(14-6-1)30(26-15-7-2-8-16-26)23-21-29-22-24-31(27-17-9-3-10-18-27)28-19-11-4-12-20-28;;/h25-29H,1-24H2;2*1H3. The first-order valence-electron chi connectivity index (χ1n) is 14.6. The van der Waals surface area contributed by atoms with Crippen LogP contribution < -0.4 is 5.32 Å². The Bertz CT molecular complexity index is 393. The van der Waals surface area contributed by atoms with Crippen LogP contribution in [0.4, 0.5) is 0 Å². The highest BCUT2D eigenvalue weighted by atomic mass is 31.1. The highest BCUT2D eigenvalue weighted by Crippen LogP contribution is 2.56. The summed E-state index contributed by atoms with van der Waals surface area (Å²) in [5, 5.41) is 4.04.